The average Bonchev–Trinajstić information content (AvgIpc) is 3.29. The molecule has 1 saturated carbocycles. The molecule has 0 aromatic heterocycles. The van der Waals surface area contributed by atoms with Gasteiger partial charge in [-0.15, -0.1) is 0 Å². The van der Waals surface area contributed by atoms with E-state index in [1.807, 2.05) is 18.2 Å². The summed E-state index contributed by atoms with van der Waals surface area (Å²) in [6.45, 7) is 0.802. The molecule has 1 fully saturated rings. The first kappa shape index (κ1) is 15.3. The molecule has 5 nitrogen and oxygen atoms in total. The molecule has 0 saturated heterocycles. The van der Waals surface area contributed by atoms with Crippen molar-refractivity contribution in [3.63, 3.8) is 0 Å². The number of ether oxygens (including phenoxy) is 1. The van der Waals surface area contributed by atoms with Crippen LogP contribution < -0.4 is 0 Å². The van der Waals surface area contributed by atoms with Gasteiger partial charge in [-0.3, -0.25) is 4.79 Å². The van der Waals surface area contributed by atoms with Gasteiger partial charge in [-0.2, -0.15) is 0 Å². The van der Waals surface area contributed by atoms with Gasteiger partial charge >= 0.3 is 6.09 Å². The van der Waals surface area contributed by atoms with Gasteiger partial charge in [0.15, 0.2) is 0 Å². The zero-order valence-electron chi connectivity index (χ0n) is 12.0. The molecule has 0 unspecified atom stereocenters. The Hall–Kier alpha value is -2.14. The number of nitrogens with zero attached hydrogens (tertiary/aromatic N) is 1. The minimum Gasteiger partial charge on any atom is -0.465 e. The number of carbonyl (C=O) groups excluding carboxylic acids is 1. The molecule has 1 aromatic rings. The number of methoxy groups -OCH3 is 1. The lowest BCUT2D eigenvalue weighted by Crippen LogP contribution is -2.31. The fourth-order valence-corrected chi connectivity index (χ4v) is 2.22. The van der Waals surface area contributed by atoms with Crippen molar-refractivity contribution in [2.75, 3.05) is 13.7 Å². The molecule has 112 valence electrons. The third-order valence-corrected chi connectivity index (χ3v) is 3.33. The number of hydrogen-bond donors (Lipinski definition) is 1. The van der Waals surface area contributed by atoms with E-state index >= 15 is 0 Å². The molecule has 5 heteroatoms. The summed E-state index contributed by atoms with van der Waals surface area (Å²) in [6.07, 6.45) is 5.41. The summed E-state index contributed by atoms with van der Waals surface area (Å²) in [5.41, 5.74) is 2.24. The van der Waals surface area contributed by atoms with Crippen LogP contribution in [0.3, 0.4) is 0 Å². The molecule has 0 atom stereocenters. The number of carbonyl (C=O) groups is 2. The Kier molecular flexibility index (Phi) is 5.11. The van der Waals surface area contributed by atoms with E-state index in [4.69, 9.17) is 4.74 Å². The lowest BCUT2D eigenvalue weighted by Gasteiger charge is -2.19. The summed E-state index contributed by atoms with van der Waals surface area (Å²) in [4.78, 5) is 23.7. The van der Waals surface area contributed by atoms with Crippen molar-refractivity contribution in [2.45, 2.75) is 25.4 Å². The Morgan fingerprint density at radius 3 is 2.67 bits per heavy atom. The first-order valence-electron chi connectivity index (χ1n) is 6.88. The van der Waals surface area contributed by atoms with Crippen LogP contribution >= 0.6 is 0 Å². The van der Waals surface area contributed by atoms with Crippen LogP contribution in [0, 0.1) is 0 Å². The quantitative estimate of drug-likeness (QED) is 0.784. The highest BCUT2D eigenvalue weighted by atomic mass is 16.5. The minimum atomic E-state index is -0.912. The van der Waals surface area contributed by atoms with E-state index < -0.39 is 6.09 Å². The molecule has 1 aromatic carbocycles. The summed E-state index contributed by atoms with van der Waals surface area (Å²) < 4.78 is 4.94. The molecule has 0 heterocycles. The average molecular weight is 289 g/mol. The fraction of sp³-hybridized carbons (Fsp3) is 0.375. The van der Waals surface area contributed by atoms with Crippen molar-refractivity contribution in [3.8, 4) is 0 Å². The molecule has 2 rings (SSSR count). The van der Waals surface area contributed by atoms with Gasteiger partial charge in [0.25, 0.3) is 0 Å². The van der Waals surface area contributed by atoms with Crippen LogP contribution in [-0.2, 0) is 11.3 Å². The number of rotatable bonds is 7. The number of amides is 1. The normalized spacial score (nSPS) is 14.3. The standard InChI is InChI=1S/C16H19NO4/c1-21-6-2-3-12-7-13(9-14(8-12)11-18)10-17(16(19)20)15-4-5-15/h2-3,7-9,11,15H,4-6,10H2,1H3,(H,19,20)/b3-2+. The maximum absolute atomic E-state index is 11.3. The number of benzene rings is 1. The zero-order valence-corrected chi connectivity index (χ0v) is 12.0. The lowest BCUT2D eigenvalue weighted by atomic mass is 10.1. The van der Waals surface area contributed by atoms with E-state index in [0.717, 1.165) is 30.3 Å². The predicted octanol–water partition coefficient (Wildman–Crippen LogP) is 2.80. The first-order chi connectivity index (χ1) is 10.1. The molecular weight excluding hydrogens is 270 g/mol. The van der Waals surface area contributed by atoms with Crippen LogP contribution in [0.25, 0.3) is 6.08 Å². The topological polar surface area (TPSA) is 66.8 Å². The summed E-state index contributed by atoms with van der Waals surface area (Å²) in [5, 5.41) is 9.24. The molecule has 0 aliphatic heterocycles. The maximum atomic E-state index is 11.3. The van der Waals surface area contributed by atoms with Crippen LogP contribution in [0.15, 0.2) is 24.3 Å². The highest BCUT2D eigenvalue weighted by Gasteiger charge is 2.32. The molecule has 1 aliphatic carbocycles. The highest BCUT2D eigenvalue weighted by Crippen LogP contribution is 2.28. The third-order valence-electron chi connectivity index (χ3n) is 3.33. The largest absolute Gasteiger partial charge is 0.465 e. The number of aldehydes is 1. The van der Waals surface area contributed by atoms with Crippen molar-refractivity contribution in [1.82, 2.24) is 4.90 Å². The molecule has 0 radical (unpaired) electrons. The number of hydrogen-bond acceptors (Lipinski definition) is 3. The highest BCUT2D eigenvalue weighted by molar-refractivity contribution is 5.77. The van der Waals surface area contributed by atoms with E-state index in [0.29, 0.717) is 18.7 Å². The van der Waals surface area contributed by atoms with E-state index in [-0.39, 0.29) is 6.04 Å². The van der Waals surface area contributed by atoms with Gasteiger partial charge < -0.3 is 14.7 Å². The van der Waals surface area contributed by atoms with E-state index in [9.17, 15) is 14.7 Å². The third kappa shape index (κ3) is 4.43. The molecule has 1 N–H and O–H groups in total. The molecule has 0 bridgehead atoms. The van der Waals surface area contributed by atoms with Gasteiger partial charge in [-0.05, 0) is 42.2 Å². The Balaban J connectivity index is 2.19. The van der Waals surface area contributed by atoms with Crippen LogP contribution in [-0.4, -0.2) is 42.1 Å². The minimum absolute atomic E-state index is 0.120. The maximum Gasteiger partial charge on any atom is 0.407 e. The van der Waals surface area contributed by atoms with Crippen LogP contribution in [0.5, 0.6) is 0 Å². The van der Waals surface area contributed by atoms with Gasteiger partial charge in [-0.25, -0.2) is 4.79 Å². The summed E-state index contributed by atoms with van der Waals surface area (Å²) in [7, 11) is 1.61. The van der Waals surface area contributed by atoms with Crippen molar-refractivity contribution >= 4 is 18.5 Å². The van der Waals surface area contributed by atoms with Crippen LogP contribution in [0.2, 0.25) is 0 Å². The second-order valence-corrected chi connectivity index (χ2v) is 5.13. The summed E-state index contributed by atoms with van der Waals surface area (Å²) >= 11 is 0. The van der Waals surface area contributed by atoms with Crippen LogP contribution in [0.1, 0.15) is 34.3 Å². The predicted molar refractivity (Wildman–Crippen MR) is 79.3 cm³/mol. The van der Waals surface area contributed by atoms with Gasteiger partial charge in [0, 0.05) is 25.3 Å². The molecule has 21 heavy (non-hydrogen) atoms. The van der Waals surface area contributed by atoms with Crippen molar-refractivity contribution in [1.29, 1.82) is 0 Å². The molecular formula is C16H19NO4. The van der Waals surface area contributed by atoms with Gasteiger partial charge in [-0.1, -0.05) is 12.2 Å². The Labute approximate surface area is 123 Å². The lowest BCUT2D eigenvalue weighted by molar-refractivity contribution is 0.112. The number of carboxylic acid groups (broad SMARTS) is 1. The van der Waals surface area contributed by atoms with E-state index in [1.54, 1.807) is 19.2 Å². The van der Waals surface area contributed by atoms with Gasteiger partial charge in [0.05, 0.1) is 6.61 Å². The SMILES string of the molecule is COC/C=C/c1cc(C=O)cc(CN(C(=O)O)C2CC2)c1. The molecule has 0 spiro atoms. The Morgan fingerprint density at radius 2 is 2.10 bits per heavy atom. The Morgan fingerprint density at radius 1 is 1.38 bits per heavy atom. The van der Waals surface area contributed by atoms with Crippen molar-refractivity contribution < 1.29 is 19.4 Å². The second kappa shape index (κ2) is 7.04. The second-order valence-electron chi connectivity index (χ2n) is 5.13. The molecule has 1 amide bonds. The van der Waals surface area contributed by atoms with Gasteiger partial charge in [0.2, 0.25) is 0 Å². The van der Waals surface area contributed by atoms with Crippen LogP contribution in [0.4, 0.5) is 4.79 Å². The van der Waals surface area contributed by atoms with Gasteiger partial charge in [0.1, 0.15) is 6.29 Å². The van der Waals surface area contributed by atoms with E-state index in [2.05, 4.69) is 0 Å². The van der Waals surface area contributed by atoms with Crippen molar-refractivity contribution in [3.05, 3.63) is 41.0 Å². The summed E-state index contributed by atoms with van der Waals surface area (Å²) in [5.74, 6) is 0. The fourth-order valence-electron chi connectivity index (χ4n) is 2.22. The smallest absolute Gasteiger partial charge is 0.407 e. The molecule has 1 aliphatic rings. The van der Waals surface area contributed by atoms with E-state index in [1.165, 1.54) is 4.90 Å². The Bertz CT molecular complexity index is 549. The summed E-state index contributed by atoms with van der Waals surface area (Å²) in [6, 6.07) is 5.52. The monoisotopic (exact) mass is 289 g/mol. The van der Waals surface area contributed by atoms with Crippen molar-refractivity contribution in [2.24, 2.45) is 0 Å². The zero-order chi connectivity index (χ0) is 15.2. The first-order valence-corrected chi connectivity index (χ1v) is 6.88.